The van der Waals surface area contributed by atoms with Gasteiger partial charge >= 0.3 is 0 Å². The Bertz CT molecular complexity index is 609. The molecule has 0 aliphatic rings. The highest BCUT2D eigenvalue weighted by Gasteiger charge is 2.12. The van der Waals surface area contributed by atoms with Crippen LogP contribution in [0.3, 0.4) is 0 Å². The number of halogens is 1. The van der Waals surface area contributed by atoms with Crippen LogP contribution in [-0.4, -0.2) is 33.2 Å². The van der Waals surface area contributed by atoms with Gasteiger partial charge in [0.25, 0.3) is 5.91 Å². The summed E-state index contributed by atoms with van der Waals surface area (Å²) in [6, 6.07) is 5.20. The van der Waals surface area contributed by atoms with E-state index < -0.39 is 0 Å². The highest BCUT2D eigenvalue weighted by atomic mass is 35.5. The number of rotatable bonds is 4. The molecule has 1 heterocycles. The van der Waals surface area contributed by atoms with Crippen LogP contribution in [0.1, 0.15) is 23.7 Å². The number of benzene rings is 1. The largest absolute Gasteiger partial charge is 0.396 e. The molecule has 6 heteroatoms. The molecule has 0 spiro atoms. The van der Waals surface area contributed by atoms with Gasteiger partial charge in [0.15, 0.2) is 0 Å². The minimum absolute atomic E-state index is 0.0519. The molecule has 19 heavy (non-hydrogen) atoms. The van der Waals surface area contributed by atoms with E-state index in [4.69, 9.17) is 16.7 Å². The van der Waals surface area contributed by atoms with E-state index in [1.54, 1.807) is 16.7 Å². The maximum absolute atomic E-state index is 12.0. The summed E-state index contributed by atoms with van der Waals surface area (Å²) < 4.78 is 1.76. The Hall–Kier alpha value is -1.59. The van der Waals surface area contributed by atoms with Gasteiger partial charge in [0, 0.05) is 25.3 Å². The zero-order valence-electron chi connectivity index (χ0n) is 10.9. The van der Waals surface area contributed by atoms with Gasteiger partial charge in [-0.2, -0.15) is 0 Å². The molecule has 0 saturated carbocycles. The van der Waals surface area contributed by atoms with Crippen molar-refractivity contribution in [3.05, 3.63) is 29.0 Å². The number of aliphatic hydroxyl groups excluding tert-OH is 1. The molecule has 1 unspecified atom stereocenters. The topological polar surface area (TPSA) is 67.2 Å². The van der Waals surface area contributed by atoms with Crippen LogP contribution < -0.4 is 5.32 Å². The summed E-state index contributed by atoms with van der Waals surface area (Å²) >= 11 is 5.93. The van der Waals surface area contributed by atoms with Crippen LogP contribution in [0.15, 0.2) is 18.2 Å². The van der Waals surface area contributed by atoms with Gasteiger partial charge in [-0.05, 0) is 43.1 Å². The molecule has 5 nitrogen and oxygen atoms in total. The van der Waals surface area contributed by atoms with Gasteiger partial charge in [0.1, 0.15) is 0 Å². The lowest BCUT2D eigenvalue weighted by molar-refractivity contribution is 0.0934. The highest BCUT2D eigenvalue weighted by molar-refractivity contribution is 6.29. The number of nitrogens with one attached hydrogen (secondary N) is 1. The number of aromatic nitrogens is 2. The predicted molar refractivity (Wildman–Crippen MR) is 74.4 cm³/mol. The number of hydrogen-bond acceptors (Lipinski definition) is 3. The average Bonchev–Trinajstić information content (AvgIpc) is 2.65. The molecule has 0 aliphatic carbocycles. The Kier molecular flexibility index (Phi) is 4.07. The van der Waals surface area contributed by atoms with E-state index in [1.807, 2.05) is 20.0 Å². The van der Waals surface area contributed by atoms with Gasteiger partial charge in [-0.25, -0.2) is 4.98 Å². The Morgan fingerprint density at radius 1 is 1.58 bits per heavy atom. The number of nitrogens with zero attached hydrogens (tertiary/aromatic N) is 2. The van der Waals surface area contributed by atoms with Crippen molar-refractivity contribution in [3.63, 3.8) is 0 Å². The molecule has 0 aliphatic heterocycles. The quantitative estimate of drug-likeness (QED) is 0.897. The van der Waals surface area contributed by atoms with Gasteiger partial charge in [-0.3, -0.25) is 4.79 Å². The van der Waals surface area contributed by atoms with Crippen LogP contribution in [0.4, 0.5) is 0 Å². The summed E-state index contributed by atoms with van der Waals surface area (Å²) in [5, 5.41) is 12.0. The lowest BCUT2D eigenvalue weighted by atomic mass is 10.1. The Morgan fingerprint density at radius 3 is 3.00 bits per heavy atom. The molecule has 0 bridgehead atoms. The van der Waals surface area contributed by atoms with Gasteiger partial charge in [-0.15, -0.1) is 0 Å². The van der Waals surface area contributed by atoms with Gasteiger partial charge in [0.05, 0.1) is 11.0 Å². The van der Waals surface area contributed by atoms with Gasteiger partial charge < -0.3 is 15.0 Å². The Balaban J connectivity index is 2.23. The smallest absolute Gasteiger partial charge is 0.251 e. The molecule has 1 aromatic heterocycles. The van der Waals surface area contributed by atoms with Crippen LogP contribution in [0.25, 0.3) is 11.0 Å². The number of carbonyl (C=O) groups excluding carboxylic acids is 1. The molecule has 2 N–H and O–H groups in total. The molecule has 0 fully saturated rings. The van der Waals surface area contributed by atoms with Crippen molar-refractivity contribution in [3.8, 4) is 0 Å². The molecule has 2 rings (SSSR count). The maximum Gasteiger partial charge on any atom is 0.251 e. The zero-order valence-corrected chi connectivity index (χ0v) is 11.6. The van der Waals surface area contributed by atoms with E-state index >= 15 is 0 Å². The summed E-state index contributed by atoms with van der Waals surface area (Å²) in [6.45, 7) is 1.90. The van der Waals surface area contributed by atoms with Gasteiger partial charge in [-0.1, -0.05) is 0 Å². The molecule has 1 aromatic carbocycles. The number of amides is 1. The van der Waals surface area contributed by atoms with Gasteiger partial charge in [0.2, 0.25) is 5.28 Å². The standard InChI is InChI=1S/C13H16ClN3O2/c1-8(5-6-18)15-12(19)9-3-4-11-10(7-9)16-13(14)17(11)2/h3-4,7-8,18H,5-6H2,1-2H3,(H,15,19). The fourth-order valence-corrected chi connectivity index (χ4v) is 2.07. The Morgan fingerprint density at radius 2 is 2.32 bits per heavy atom. The van der Waals surface area contributed by atoms with Crippen molar-refractivity contribution in [1.29, 1.82) is 0 Å². The first-order chi connectivity index (χ1) is 9.02. The number of hydrogen-bond donors (Lipinski definition) is 2. The van der Waals surface area contributed by atoms with E-state index in [2.05, 4.69) is 10.3 Å². The molecule has 0 radical (unpaired) electrons. The van der Waals surface area contributed by atoms with Crippen molar-refractivity contribution in [2.24, 2.45) is 7.05 Å². The Labute approximate surface area is 116 Å². The van der Waals surface area contributed by atoms with Crippen molar-refractivity contribution in [2.75, 3.05) is 6.61 Å². The summed E-state index contributed by atoms with van der Waals surface area (Å²) in [5.74, 6) is -0.176. The number of imidazole rings is 1. The van der Waals surface area contributed by atoms with E-state index in [1.165, 1.54) is 0 Å². The second-order valence-corrected chi connectivity index (χ2v) is 4.87. The van der Waals surface area contributed by atoms with Crippen molar-refractivity contribution < 1.29 is 9.90 Å². The van der Waals surface area contributed by atoms with E-state index in [-0.39, 0.29) is 18.6 Å². The first kappa shape index (κ1) is 13.8. The van der Waals surface area contributed by atoms with Crippen molar-refractivity contribution in [2.45, 2.75) is 19.4 Å². The van der Waals surface area contributed by atoms with Crippen LogP contribution in [0.5, 0.6) is 0 Å². The second-order valence-electron chi connectivity index (χ2n) is 4.53. The van der Waals surface area contributed by atoms with Crippen LogP contribution in [0, 0.1) is 0 Å². The third kappa shape index (κ3) is 2.88. The summed E-state index contributed by atoms with van der Waals surface area (Å²) in [5.41, 5.74) is 2.10. The second kappa shape index (κ2) is 5.59. The minimum Gasteiger partial charge on any atom is -0.396 e. The molecule has 1 amide bonds. The third-order valence-corrected chi connectivity index (χ3v) is 3.37. The normalized spacial score (nSPS) is 12.6. The average molecular weight is 282 g/mol. The molecule has 102 valence electrons. The van der Waals surface area contributed by atoms with Crippen LogP contribution in [0.2, 0.25) is 5.28 Å². The lowest BCUT2D eigenvalue weighted by Crippen LogP contribution is -2.33. The molecule has 2 aromatic rings. The van der Waals surface area contributed by atoms with E-state index in [0.717, 1.165) is 5.52 Å². The molecule has 1 atom stereocenters. The summed E-state index contributed by atoms with van der Waals surface area (Å²) in [4.78, 5) is 16.2. The predicted octanol–water partition coefficient (Wildman–Crippen LogP) is 1.73. The van der Waals surface area contributed by atoms with Crippen molar-refractivity contribution >= 4 is 28.5 Å². The maximum atomic E-state index is 12.0. The zero-order chi connectivity index (χ0) is 14.0. The molecule has 0 saturated heterocycles. The van der Waals surface area contributed by atoms with Crippen molar-refractivity contribution in [1.82, 2.24) is 14.9 Å². The fourth-order valence-electron chi connectivity index (χ4n) is 1.88. The fraction of sp³-hybridized carbons (Fsp3) is 0.385. The summed E-state index contributed by atoms with van der Waals surface area (Å²) in [6.07, 6.45) is 0.531. The molecular weight excluding hydrogens is 266 g/mol. The number of carbonyl (C=O) groups is 1. The minimum atomic E-state index is -0.176. The summed E-state index contributed by atoms with van der Waals surface area (Å²) in [7, 11) is 1.82. The first-order valence-corrected chi connectivity index (χ1v) is 6.44. The third-order valence-electron chi connectivity index (χ3n) is 3.03. The lowest BCUT2D eigenvalue weighted by Gasteiger charge is -2.12. The SMILES string of the molecule is CC(CCO)NC(=O)c1ccc2c(c1)nc(Cl)n2C. The first-order valence-electron chi connectivity index (χ1n) is 6.06. The molecular formula is C13H16ClN3O2. The van der Waals surface area contributed by atoms with E-state index in [0.29, 0.717) is 22.8 Å². The monoisotopic (exact) mass is 281 g/mol. The highest BCUT2D eigenvalue weighted by Crippen LogP contribution is 2.19. The number of aryl methyl sites for hydroxylation is 1. The van der Waals surface area contributed by atoms with Crippen LogP contribution >= 0.6 is 11.6 Å². The van der Waals surface area contributed by atoms with Crippen LogP contribution in [-0.2, 0) is 7.05 Å². The number of fused-ring (bicyclic) bond motifs is 1. The number of aliphatic hydroxyl groups is 1. The van der Waals surface area contributed by atoms with E-state index in [9.17, 15) is 4.79 Å².